The molecule has 2 rings (SSSR count). The molecule has 80 valence electrons. The number of nitrogens with one attached hydrogen (secondary N) is 2. The monoisotopic (exact) mass is 197 g/mol. The van der Waals surface area contributed by atoms with E-state index in [4.69, 9.17) is 0 Å². The Balaban J connectivity index is 1.75. The van der Waals surface area contributed by atoms with Gasteiger partial charge in [0.25, 0.3) is 0 Å². The highest BCUT2D eigenvalue weighted by Gasteiger charge is 2.30. The van der Waals surface area contributed by atoms with Crippen molar-refractivity contribution in [1.29, 1.82) is 0 Å². The van der Waals surface area contributed by atoms with Crippen molar-refractivity contribution in [3.8, 4) is 0 Å². The molecule has 0 radical (unpaired) electrons. The topological polar surface area (TPSA) is 44.4 Å². The SMILES string of the molecule is C[C@H](NC(=O)N1CCNCC1)C1CC1. The van der Waals surface area contributed by atoms with Crippen molar-refractivity contribution in [3.05, 3.63) is 0 Å². The van der Waals surface area contributed by atoms with Crippen LogP contribution < -0.4 is 10.6 Å². The Bertz CT molecular complexity index is 209. The molecule has 2 aliphatic rings. The van der Waals surface area contributed by atoms with Crippen LogP contribution in [0.25, 0.3) is 0 Å². The molecule has 0 spiro atoms. The Kier molecular flexibility index (Phi) is 2.91. The van der Waals surface area contributed by atoms with Gasteiger partial charge in [0.1, 0.15) is 0 Å². The second kappa shape index (κ2) is 4.17. The summed E-state index contributed by atoms with van der Waals surface area (Å²) < 4.78 is 0. The summed E-state index contributed by atoms with van der Waals surface area (Å²) >= 11 is 0. The molecule has 1 heterocycles. The zero-order chi connectivity index (χ0) is 9.97. The van der Waals surface area contributed by atoms with Gasteiger partial charge in [-0.25, -0.2) is 4.79 Å². The summed E-state index contributed by atoms with van der Waals surface area (Å²) in [4.78, 5) is 13.6. The van der Waals surface area contributed by atoms with Gasteiger partial charge in [-0.15, -0.1) is 0 Å². The molecule has 1 aliphatic carbocycles. The fourth-order valence-corrected chi connectivity index (χ4v) is 1.87. The lowest BCUT2D eigenvalue weighted by Gasteiger charge is -2.29. The van der Waals surface area contributed by atoms with Crippen LogP contribution in [0.3, 0.4) is 0 Å². The number of rotatable bonds is 2. The van der Waals surface area contributed by atoms with Crippen LogP contribution in [0.15, 0.2) is 0 Å². The van der Waals surface area contributed by atoms with Gasteiger partial charge in [-0.1, -0.05) is 0 Å². The lowest BCUT2D eigenvalue weighted by atomic mass is 10.2. The van der Waals surface area contributed by atoms with Gasteiger partial charge in [0.2, 0.25) is 0 Å². The van der Waals surface area contributed by atoms with Crippen molar-refractivity contribution in [3.63, 3.8) is 0 Å². The minimum absolute atomic E-state index is 0.117. The molecule has 1 atom stereocenters. The standard InChI is InChI=1S/C10H19N3O/c1-8(9-2-3-9)12-10(14)13-6-4-11-5-7-13/h8-9,11H,2-7H2,1H3,(H,12,14)/t8-/m0/s1. The first-order chi connectivity index (χ1) is 6.77. The normalized spacial score (nSPS) is 24.5. The molecule has 1 aliphatic heterocycles. The molecule has 4 nitrogen and oxygen atoms in total. The van der Waals surface area contributed by atoms with Crippen LogP contribution in [-0.4, -0.2) is 43.2 Å². The number of nitrogens with zero attached hydrogens (tertiary/aromatic N) is 1. The van der Waals surface area contributed by atoms with Crippen LogP contribution in [0.4, 0.5) is 4.79 Å². The third-order valence-electron chi connectivity index (χ3n) is 3.08. The molecular formula is C10H19N3O. The second-order valence-corrected chi connectivity index (χ2v) is 4.31. The van der Waals surface area contributed by atoms with Crippen LogP contribution in [0.1, 0.15) is 19.8 Å². The molecule has 14 heavy (non-hydrogen) atoms. The van der Waals surface area contributed by atoms with Crippen molar-refractivity contribution in [2.75, 3.05) is 26.2 Å². The van der Waals surface area contributed by atoms with Gasteiger partial charge in [-0.05, 0) is 25.7 Å². The molecule has 0 aromatic carbocycles. The summed E-state index contributed by atoms with van der Waals surface area (Å²) in [6, 6.07) is 0.475. The van der Waals surface area contributed by atoms with Crippen molar-refractivity contribution in [2.24, 2.45) is 5.92 Å². The number of piperazine rings is 1. The van der Waals surface area contributed by atoms with E-state index in [-0.39, 0.29) is 6.03 Å². The maximum absolute atomic E-state index is 11.7. The van der Waals surface area contributed by atoms with Gasteiger partial charge in [0.15, 0.2) is 0 Å². The van der Waals surface area contributed by atoms with Gasteiger partial charge in [0.05, 0.1) is 0 Å². The highest BCUT2D eigenvalue weighted by atomic mass is 16.2. The first kappa shape index (κ1) is 9.77. The number of carbonyl (C=O) groups is 1. The summed E-state index contributed by atoms with van der Waals surface area (Å²) in [5.41, 5.74) is 0. The molecule has 0 unspecified atom stereocenters. The fraction of sp³-hybridized carbons (Fsp3) is 0.900. The first-order valence-corrected chi connectivity index (χ1v) is 5.53. The maximum Gasteiger partial charge on any atom is 0.317 e. The van der Waals surface area contributed by atoms with E-state index in [1.165, 1.54) is 12.8 Å². The third kappa shape index (κ3) is 2.38. The lowest BCUT2D eigenvalue weighted by Crippen LogP contribution is -2.52. The maximum atomic E-state index is 11.7. The highest BCUT2D eigenvalue weighted by Crippen LogP contribution is 2.32. The van der Waals surface area contributed by atoms with E-state index in [1.54, 1.807) is 0 Å². The smallest absolute Gasteiger partial charge is 0.317 e. The van der Waals surface area contributed by atoms with E-state index >= 15 is 0 Å². The van der Waals surface area contributed by atoms with Gasteiger partial charge < -0.3 is 15.5 Å². The molecule has 0 aromatic heterocycles. The first-order valence-electron chi connectivity index (χ1n) is 5.53. The summed E-state index contributed by atoms with van der Waals surface area (Å²) in [5, 5.41) is 6.31. The molecule has 2 fully saturated rings. The summed E-state index contributed by atoms with van der Waals surface area (Å²) in [6.45, 7) is 5.63. The van der Waals surface area contributed by atoms with E-state index in [0.29, 0.717) is 6.04 Å². The van der Waals surface area contributed by atoms with E-state index in [1.807, 2.05) is 4.90 Å². The Morgan fingerprint density at radius 3 is 2.64 bits per heavy atom. The van der Waals surface area contributed by atoms with Gasteiger partial charge in [-0.3, -0.25) is 0 Å². The number of hydrogen-bond acceptors (Lipinski definition) is 2. The molecular weight excluding hydrogens is 178 g/mol. The molecule has 2 N–H and O–H groups in total. The highest BCUT2D eigenvalue weighted by molar-refractivity contribution is 5.74. The van der Waals surface area contributed by atoms with Crippen LogP contribution in [0, 0.1) is 5.92 Å². The zero-order valence-corrected chi connectivity index (χ0v) is 8.75. The van der Waals surface area contributed by atoms with Gasteiger partial charge in [0, 0.05) is 32.2 Å². The predicted molar refractivity (Wildman–Crippen MR) is 55.2 cm³/mol. The van der Waals surface area contributed by atoms with E-state index in [0.717, 1.165) is 32.1 Å². The minimum Gasteiger partial charge on any atom is -0.335 e. The molecule has 1 saturated heterocycles. The summed E-state index contributed by atoms with van der Waals surface area (Å²) in [5.74, 6) is 0.738. The van der Waals surface area contributed by atoms with Crippen LogP contribution in [-0.2, 0) is 0 Å². The van der Waals surface area contributed by atoms with Crippen LogP contribution in [0.5, 0.6) is 0 Å². The summed E-state index contributed by atoms with van der Waals surface area (Å²) in [6.07, 6.45) is 2.56. The molecule has 4 heteroatoms. The van der Waals surface area contributed by atoms with E-state index in [2.05, 4.69) is 17.6 Å². The number of hydrogen-bond donors (Lipinski definition) is 2. The molecule has 2 amide bonds. The zero-order valence-electron chi connectivity index (χ0n) is 8.75. The molecule has 0 bridgehead atoms. The Labute approximate surface area is 85.0 Å². The average Bonchev–Trinajstić information content (AvgIpc) is 3.02. The quantitative estimate of drug-likeness (QED) is 0.673. The largest absolute Gasteiger partial charge is 0.335 e. The molecule has 0 aromatic rings. The third-order valence-corrected chi connectivity index (χ3v) is 3.08. The number of urea groups is 1. The van der Waals surface area contributed by atoms with Gasteiger partial charge in [-0.2, -0.15) is 0 Å². The Hall–Kier alpha value is -0.770. The summed E-state index contributed by atoms with van der Waals surface area (Å²) in [7, 11) is 0. The number of carbonyl (C=O) groups excluding carboxylic acids is 1. The van der Waals surface area contributed by atoms with Crippen LogP contribution in [0.2, 0.25) is 0 Å². The van der Waals surface area contributed by atoms with Crippen molar-refractivity contribution < 1.29 is 4.79 Å². The fourth-order valence-electron chi connectivity index (χ4n) is 1.87. The Morgan fingerprint density at radius 1 is 1.43 bits per heavy atom. The van der Waals surface area contributed by atoms with Crippen molar-refractivity contribution in [2.45, 2.75) is 25.8 Å². The average molecular weight is 197 g/mol. The minimum atomic E-state index is 0.117. The lowest BCUT2D eigenvalue weighted by molar-refractivity contribution is 0.185. The molecule has 1 saturated carbocycles. The van der Waals surface area contributed by atoms with Crippen molar-refractivity contribution >= 4 is 6.03 Å². The second-order valence-electron chi connectivity index (χ2n) is 4.31. The number of amides is 2. The van der Waals surface area contributed by atoms with Gasteiger partial charge >= 0.3 is 6.03 Å². The van der Waals surface area contributed by atoms with Crippen molar-refractivity contribution in [1.82, 2.24) is 15.5 Å². The van der Waals surface area contributed by atoms with E-state index < -0.39 is 0 Å². The van der Waals surface area contributed by atoms with Crippen LogP contribution >= 0.6 is 0 Å². The van der Waals surface area contributed by atoms with E-state index in [9.17, 15) is 4.79 Å². The predicted octanol–water partition coefficient (Wildman–Crippen LogP) is 0.400. The Morgan fingerprint density at radius 2 is 2.07 bits per heavy atom.